The van der Waals surface area contributed by atoms with Gasteiger partial charge in [-0.25, -0.2) is 4.98 Å². The third kappa shape index (κ3) is 2.76. The summed E-state index contributed by atoms with van der Waals surface area (Å²) < 4.78 is 0. The molecule has 0 aromatic carbocycles. The molecule has 0 bridgehead atoms. The fraction of sp³-hybridized carbons (Fsp3) is 0.636. The van der Waals surface area contributed by atoms with Gasteiger partial charge in [0.1, 0.15) is 6.20 Å². The third-order valence-corrected chi connectivity index (χ3v) is 3.76. The molecule has 2 unspecified atom stereocenters. The Bertz CT molecular complexity index is 486. The highest BCUT2D eigenvalue weighted by molar-refractivity contribution is 6.28. The molecule has 0 aliphatic carbocycles. The molecule has 1 saturated heterocycles. The minimum atomic E-state index is -0.473. The molecule has 7 nitrogen and oxygen atoms in total. The maximum Gasteiger partial charge on any atom is 0.329 e. The van der Waals surface area contributed by atoms with Crippen molar-refractivity contribution in [1.29, 1.82) is 0 Å². The van der Waals surface area contributed by atoms with Crippen molar-refractivity contribution >= 4 is 23.1 Å². The van der Waals surface area contributed by atoms with E-state index in [-0.39, 0.29) is 23.1 Å². The molecule has 0 N–H and O–H groups in total. The number of nitrogens with zero attached hydrogens (tertiary/aromatic N) is 5. The van der Waals surface area contributed by atoms with E-state index in [2.05, 4.69) is 28.7 Å². The highest BCUT2D eigenvalue weighted by Crippen LogP contribution is 2.28. The topological polar surface area (TPSA) is 75.4 Å². The van der Waals surface area contributed by atoms with Gasteiger partial charge in [0.05, 0.1) is 4.92 Å². The van der Waals surface area contributed by atoms with Gasteiger partial charge in [-0.2, -0.15) is 4.98 Å². The van der Waals surface area contributed by atoms with Crippen LogP contribution < -0.4 is 4.90 Å². The fourth-order valence-electron chi connectivity index (χ4n) is 2.28. The van der Waals surface area contributed by atoms with Crippen molar-refractivity contribution in [2.24, 2.45) is 0 Å². The summed E-state index contributed by atoms with van der Waals surface area (Å²) in [5.41, 5.74) is -0.103. The van der Waals surface area contributed by atoms with Crippen LogP contribution in [0.5, 0.6) is 0 Å². The van der Waals surface area contributed by atoms with Gasteiger partial charge in [0.25, 0.3) is 0 Å². The maximum absolute atomic E-state index is 11.0. The SMILES string of the molecule is CC1CN(c2nc(Cl)ncc2[N+](=O)[O-])CC(C)N1C. The number of rotatable bonds is 2. The Morgan fingerprint density at radius 2 is 2.00 bits per heavy atom. The van der Waals surface area contributed by atoms with Gasteiger partial charge in [-0.15, -0.1) is 0 Å². The summed E-state index contributed by atoms with van der Waals surface area (Å²) in [6.45, 7) is 5.51. The van der Waals surface area contributed by atoms with Gasteiger partial charge in [0, 0.05) is 25.2 Å². The summed E-state index contributed by atoms with van der Waals surface area (Å²) in [6, 6.07) is 0.578. The van der Waals surface area contributed by atoms with Gasteiger partial charge in [-0.3, -0.25) is 15.0 Å². The average Bonchev–Trinajstić information content (AvgIpc) is 2.34. The van der Waals surface area contributed by atoms with Crippen LogP contribution in [0, 0.1) is 10.1 Å². The van der Waals surface area contributed by atoms with E-state index in [1.165, 1.54) is 6.20 Å². The molecular formula is C11H16ClN5O2. The highest BCUT2D eigenvalue weighted by atomic mass is 35.5. The summed E-state index contributed by atoms with van der Waals surface area (Å²) in [6.07, 6.45) is 1.16. The Morgan fingerprint density at radius 3 is 2.53 bits per heavy atom. The van der Waals surface area contributed by atoms with Gasteiger partial charge in [-0.05, 0) is 32.5 Å². The lowest BCUT2D eigenvalue weighted by Gasteiger charge is -2.42. The van der Waals surface area contributed by atoms with Gasteiger partial charge >= 0.3 is 5.69 Å². The molecule has 2 heterocycles. The van der Waals surface area contributed by atoms with E-state index in [1.807, 2.05) is 11.9 Å². The molecule has 0 amide bonds. The van der Waals surface area contributed by atoms with Crippen molar-refractivity contribution in [2.45, 2.75) is 25.9 Å². The van der Waals surface area contributed by atoms with Crippen molar-refractivity contribution in [1.82, 2.24) is 14.9 Å². The van der Waals surface area contributed by atoms with Crippen LogP contribution in [0.2, 0.25) is 5.28 Å². The second kappa shape index (κ2) is 5.26. The first kappa shape index (κ1) is 14.0. The second-order valence-corrected chi connectivity index (χ2v) is 5.21. The molecule has 1 aliphatic rings. The van der Waals surface area contributed by atoms with Crippen molar-refractivity contribution in [3.63, 3.8) is 0 Å². The number of piperazine rings is 1. The van der Waals surface area contributed by atoms with Gasteiger partial charge < -0.3 is 4.90 Å². The second-order valence-electron chi connectivity index (χ2n) is 4.87. The van der Waals surface area contributed by atoms with Crippen LogP contribution in [-0.4, -0.2) is 52.0 Å². The Morgan fingerprint density at radius 1 is 1.42 bits per heavy atom. The molecule has 2 atom stereocenters. The predicted molar refractivity (Wildman–Crippen MR) is 72.6 cm³/mol. The lowest BCUT2D eigenvalue weighted by Crippen LogP contribution is -2.55. The van der Waals surface area contributed by atoms with Crippen molar-refractivity contribution in [3.8, 4) is 0 Å². The zero-order valence-electron chi connectivity index (χ0n) is 11.1. The molecule has 8 heteroatoms. The lowest BCUT2D eigenvalue weighted by atomic mass is 10.1. The van der Waals surface area contributed by atoms with E-state index in [9.17, 15) is 10.1 Å². The van der Waals surface area contributed by atoms with Crippen LogP contribution >= 0.6 is 11.6 Å². The molecule has 1 aliphatic heterocycles. The van der Waals surface area contributed by atoms with Crippen molar-refractivity contribution in [2.75, 3.05) is 25.0 Å². The molecule has 104 valence electrons. The number of hydrogen-bond donors (Lipinski definition) is 0. The predicted octanol–water partition coefficient (Wildman–Crippen LogP) is 1.57. The fourth-order valence-corrected chi connectivity index (χ4v) is 2.41. The largest absolute Gasteiger partial charge is 0.348 e. The zero-order chi connectivity index (χ0) is 14.2. The first-order valence-electron chi connectivity index (χ1n) is 6.04. The summed E-state index contributed by atoms with van der Waals surface area (Å²) in [4.78, 5) is 22.4. The van der Waals surface area contributed by atoms with E-state index in [0.29, 0.717) is 18.9 Å². The van der Waals surface area contributed by atoms with E-state index < -0.39 is 4.92 Å². The Labute approximate surface area is 116 Å². The van der Waals surface area contributed by atoms with Crippen LogP contribution in [0.15, 0.2) is 6.20 Å². The Kier molecular flexibility index (Phi) is 3.86. The van der Waals surface area contributed by atoms with Crippen molar-refractivity contribution in [3.05, 3.63) is 21.6 Å². The monoisotopic (exact) mass is 285 g/mol. The number of likely N-dealkylation sites (N-methyl/N-ethyl adjacent to an activating group) is 1. The van der Waals surface area contributed by atoms with E-state index in [4.69, 9.17) is 11.6 Å². The van der Waals surface area contributed by atoms with Gasteiger partial charge in [0.15, 0.2) is 0 Å². The molecular weight excluding hydrogens is 270 g/mol. The summed E-state index contributed by atoms with van der Waals surface area (Å²) >= 11 is 5.76. The number of aromatic nitrogens is 2. The first-order valence-corrected chi connectivity index (χ1v) is 6.41. The summed E-state index contributed by atoms with van der Waals surface area (Å²) in [5.74, 6) is 0.303. The smallest absolute Gasteiger partial charge is 0.329 e. The quantitative estimate of drug-likeness (QED) is 0.466. The number of anilines is 1. The zero-order valence-corrected chi connectivity index (χ0v) is 11.8. The summed E-state index contributed by atoms with van der Waals surface area (Å²) in [7, 11) is 2.05. The molecule has 0 radical (unpaired) electrons. The third-order valence-electron chi connectivity index (χ3n) is 3.58. The molecule has 0 saturated carbocycles. The van der Waals surface area contributed by atoms with E-state index in [0.717, 1.165) is 0 Å². The first-order chi connectivity index (χ1) is 8.90. The highest BCUT2D eigenvalue weighted by Gasteiger charge is 2.31. The van der Waals surface area contributed by atoms with E-state index in [1.54, 1.807) is 0 Å². The molecule has 0 spiro atoms. The minimum absolute atomic E-state index is 0.0276. The van der Waals surface area contributed by atoms with Crippen LogP contribution in [0.25, 0.3) is 0 Å². The normalized spacial score (nSPS) is 24.5. The van der Waals surface area contributed by atoms with Crippen LogP contribution in [-0.2, 0) is 0 Å². The number of hydrogen-bond acceptors (Lipinski definition) is 6. The average molecular weight is 286 g/mol. The van der Waals surface area contributed by atoms with Gasteiger partial charge in [0.2, 0.25) is 11.1 Å². The van der Waals surface area contributed by atoms with E-state index >= 15 is 0 Å². The maximum atomic E-state index is 11.0. The molecule has 1 aromatic heterocycles. The van der Waals surface area contributed by atoms with Gasteiger partial charge in [-0.1, -0.05) is 0 Å². The Hall–Kier alpha value is -1.47. The number of nitro groups is 1. The standard InChI is InChI=1S/C11H16ClN5O2/c1-7-5-16(6-8(2)15(7)3)10-9(17(18)19)4-13-11(12)14-10/h4,7-8H,5-6H2,1-3H3. The van der Waals surface area contributed by atoms with Crippen LogP contribution in [0.4, 0.5) is 11.5 Å². The number of halogens is 1. The summed E-state index contributed by atoms with van der Waals surface area (Å²) in [5, 5.41) is 11.1. The lowest BCUT2D eigenvalue weighted by molar-refractivity contribution is -0.384. The van der Waals surface area contributed by atoms with Crippen molar-refractivity contribution < 1.29 is 4.92 Å². The van der Waals surface area contributed by atoms with Crippen LogP contribution in [0.3, 0.4) is 0 Å². The minimum Gasteiger partial charge on any atom is -0.348 e. The Balaban J connectivity index is 2.36. The molecule has 2 rings (SSSR count). The van der Waals surface area contributed by atoms with Crippen LogP contribution in [0.1, 0.15) is 13.8 Å². The molecule has 1 aromatic rings. The molecule has 19 heavy (non-hydrogen) atoms. The molecule has 1 fully saturated rings.